The fourth-order valence-electron chi connectivity index (χ4n) is 4.78. The number of nitrogens with one attached hydrogen (secondary N) is 2. The Morgan fingerprint density at radius 2 is 1.87 bits per heavy atom. The van der Waals surface area contributed by atoms with Gasteiger partial charge < -0.3 is 10.3 Å². The van der Waals surface area contributed by atoms with Crippen molar-refractivity contribution in [1.29, 1.82) is 0 Å². The number of hydrogen-bond donors (Lipinski definition) is 2. The second-order valence-electron chi connectivity index (χ2n) is 8.38. The Kier molecular flexibility index (Phi) is 4.07. The van der Waals surface area contributed by atoms with Gasteiger partial charge in [-0.3, -0.25) is 14.5 Å². The van der Waals surface area contributed by atoms with Gasteiger partial charge in [-0.1, -0.05) is 36.4 Å². The Bertz CT molecular complexity index is 1230. The van der Waals surface area contributed by atoms with E-state index in [4.69, 9.17) is 0 Å². The monoisotopic (exact) mass is 401 g/mol. The largest absolute Gasteiger partial charge is 0.358 e. The van der Waals surface area contributed by atoms with E-state index in [1.807, 2.05) is 49.4 Å². The number of aromatic amines is 1. The number of H-pyrrole nitrogens is 1. The predicted octanol–water partition coefficient (Wildman–Crippen LogP) is 3.61. The van der Waals surface area contributed by atoms with Gasteiger partial charge in [0.25, 0.3) is 5.91 Å². The lowest BCUT2D eigenvalue weighted by molar-refractivity contribution is -0.130. The predicted molar refractivity (Wildman–Crippen MR) is 113 cm³/mol. The van der Waals surface area contributed by atoms with Gasteiger partial charge in [0.15, 0.2) is 5.78 Å². The summed E-state index contributed by atoms with van der Waals surface area (Å²) >= 11 is 0. The minimum Gasteiger partial charge on any atom is -0.358 e. The fourth-order valence-corrected chi connectivity index (χ4v) is 4.78. The highest BCUT2D eigenvalue weighted by Gasteiger charge is 2.49. The summed E-state index contributed by atoms with van der Waals surface area (Å²) in [6.07, 6.45) is 3.15. The maximum Gasteiger partial charge on any atom is 0.325 e. The van der Waals surface area contributed by atoms with E-state index in [9.17, 15) is 14.4 Å². The Labute approximate surface area is 174 Å². The van der Waals surface area contributed by atoms with Crippen molar-refractivity contribution in [2.75, 3.05) is 6.54 Å². The number of carbonyl (C=O) groups is 3. The Balaban J connectivity index is 1.44. The van der Waals surface area contributed by atoms with Crippen molar-refractivity contribution >= 4 is 28.6 Å². The van der Waals surface area contributed by atoms with Crippen molar-refractivity contribution in [2.24, 2.45) is 0 Å². The Morgan fingerprint density at radius 1 is 1.10 bits per heavy atom. The van der Waals surface area contributed by atoms with E-state index in [2.05, 4.69) is 10.3 Å². The van der Waals surface area contributed by atoms with Crippen LogP contribution in [0.2, 0.25) is 0 Å². The molecule has 6 heteroatoms. The zero-order valence-electron chi connectivity index (χ0n) is 17.0. The number of Topliss-reactive ketones (excluding diaryl/α,β-unsaturated/α-hetero) is 1. The van der Waals surface area contributed by atoms with Gasteiger partial charge in [-0.25, -0.2) is 4.79 Å². The average Bonchev–Trinajstić information content (AvgIpc) is 3.38. The van der Waals surface area contributed by atoms with Gasteiger partial charge in [0, 0.05) is 22.2 Å². The second-order valence-corrected chi connectivity index (χ2v) is 8.38. The normalized spacial score (nSPS) is 20.7. The molecule has 1 aliphatic heterocycles. The third-order valence-electron chi connectivity index (χ3n) is 6.42. The van der Waals surface area contributed by atoms with Gasteiger partial charge in [0.05, 0.1) is 6.54 Å². The molecule has 1 saturated heterocycles. The molecule has 30 heavy (non-hydrogen) atoms. The third-order valence-corrected chi connectivity index (χ3v) is 6.42. The van der Waals surface area contributed by atoms with Crippen molar-refractivity contribution in [3.63, 3.8) is 0 Å². The number of hydrogen-bond acceptors (Lipinski definition) is 3. The molecule has 5 rings (SSSR count). The molecule has 1 aromatic heterocycles. The third kappa shape index (κ3) is 2.67. The minimum absolute atomic E-state index is 0.258. The van der Waals surface area contributed by atoms with Gasteiger partial charge in [0.1, 0.15) is 5.54 Å². The molecule has 2 aromatic carbocycles. The molecule has 0 unspecified atom stereocenters. The summed E-state index contributed by atoms with van der Waals surface area (Å²) in [5, 5.41) is 3.62. The summed E-state index contributed by atoms with van der Waals surface area (Å²) in [5.41, 5.74) is 4.26. The smallest absolute Gasteiger partial charge is 0.325 e. The van der Waals surface area contributed by atoms with Crippen LogP contribution in [0.4, 0.5) is 4.79 Å². The number of aryl methyl sites for hydroxylation is 3. The molecule has 2 aliphatic rings. The number of rotatable bonds is 4. The molecule has 152 valence electrons. The van der Waals surface area contributed by atoms with Gasteiger partial charge in [-0.2, -0.15) is 0 Å². The first-order valence-electron chi connectivity index (χ1n) is 10.3. The topological polar surface area (TPSA) is 82.3 Å². The molecule has 0 spiro atoms. The zero-order valence-corrected chi connectivity index (χ0v) is 17.0. The second kappa shape index (κ2) is 6.55. The lowest BCUT2D eigenvalue weighted by Crippen LogP contribution is -2.41. The van der Waals surface area contributed by atoms with Crippen LogP contribution >= 0.6 is 0 Å². The van der Waals surface area contributed by atoms with Crippen LogP contribution in [0.15, 0.2) is 42.5 Å². The molecular formula is C24H23N3O3. The molecule has 0 saturated carbocycles. The van der Waals surface area contributed by atoms with E-state index < -0.39 is 17.5 Å². The fraction of sp³-hybridized carbons (Fsp3) is 0.292. The van der Waals surface area contributed by atoms with Crippen LogP contribution in [-0.2, 0) is 23.2 Å². The van der Waals surface area contributed by atoms with E-state index in [0.29, 0.717) is 5.56 Å². The highest BCUT2D eigenvalue weighted by Crippen LogP contribution is 2.33. The van der Waals surface area contributed by atoms with Gasteiger partial charge in [-0.15, -0.1) is 0 Å². The maximum absolute atomic E-state index is 13.3. The Hall–Kier alpha value is -3.41. The van der Waals surface area contributed by atoms with Crippen molar-refractivity contribution in [2.45, 2.75) is 38.6 Å². The number of urea groups is 1. The number of fused-ring (bicyclic) bond motifs is 2. The zero-order chi connectivity index (χ0) is 21.0. The van der Waals surface area contributed by atoms with Crippen LogP contribution in [-0.4, -0.2) is 34.2 Å². The maximum atomic E-state index is 13.3. The van der Waals surface area contributed by atoms with Crippen molar-refractivity contribution in [1.82, 2.24) is 15.2 Å². The summed E-state index contributed by atoms with van der Waals surface area (Å²) in [5.74, 6) is -0.650. The summed E-state index contributed by atoms with van der Waals surface area (Å²) in [6.45, 7) is 3.26. The molecule has 1 fully saturated rings. The molecule has 1 atom stereocenters. The van der Waals surface area contributed by atoms with Gasteiger partial charge >= 0.3 is 6.03 Å². The number of ketones is 1. The van der Waals surface area contributed by atoms with E-state index in [1.54, 1.807) is 6.92 Å². The molecule has 6 nitrogen and oxygen atoms in total. The highest BCUT2D eigenvalue weighted by atomic mass is 16.2. The first-order chi connectivity index (χ1) is 14.4. The van der Waals surface area contributed by atoms with Crippen LogP contribution in [0.1, 0.15) is 46.1 Å². The van der Waals surface area contributed by atoms with Crippen LogP contribution in [0.3, 0.4) is 0 Å². The van der Waals surface area contributed by atoms with E-state index >= 15 is 0 Å². The number of nitrogens with zero attached hydrogens (tertiary/aromatic N) is 1. The highest BCUT2D eigenvalue weighted by molar-refractivity contribution is 6.15. The number of para-hydroxylation sites is 1. The summed E-state index contributed by atoms with van der Waals surface area (Å²) in [4.78, 5) is 43.3. The van der Waals surface area contributed by atoms with Crippen LogP contribution in [0.25, 0.3) is 10.9 Å². The lowest BCUT2D eigenvalue weighted by Gasteiger charge is -2.23. The molecular weight excluding hydrogens is 378 g/mol. The van der Waals surface area contributed by atoms with E-state index in [-0.39, 0.29) is 12.3 Å². The quantitative estimate of drug-likeness (QED) is 0.517. The summed E-state index contributed by atoms with van der Waals surface area (Å²) in [7, 11) is 0. The molecule has 2 heterocycles. The molecule has 0 bridgehead atoms. The Morgan fingerprint density at radius 3 is 2.70 bits per heavy atom. The molecule has 3 aromatic rings. The van der Waals surface area contributed by atoms with Crippen molar-refractivity contribution < 1.29 is 14.4 Å². The molecule has 1 aliphatic carbocycles. The van der Waals surface area contributed by atoms with E-state index in [0.717, 1.165) is 46.3 Å². The summed E-state index contributed by atoms with van der Waals surface area (Å²) < 4.78 is 0. The van der Waals surface area contributed by atoms with E-state index in [1.165, 1.54) is 11.1 Å². The van der Waals surface area contributed by atoms with Crippen molar-refractivity contribution in [3.8, 4) is 0 Å². The van der Waals surface area contributed by atoms with Crippen molar-refractivity contribution in [3.05, 3.63) is 70.4 Å². The first kappa shape index (κ1) is 18.6. The van der Waals surface area contributed by atoms with Crippen LogP contribution in [0, 0.1) is 6.92 Å². The summed E-state index contributed by atoms with van der Waals surface area (Å²) in [6, 6.07) is 13.0. The molecule has 3 amide bonds. The number of carbonyl (C=O) groups excluding carboxylic acids is 3. The molecule has 2 N–H and O–H groups in total. The molecule has 0 radical (unpaired) electrons. The standard InChI is InChI=1S/C24H23N3O3/c1-14-21(18-8-3-4-9-19(18)25-14)20(28)13-27-22(29)24(2,26-23(27)30)17-11-10-15-6-5-7-16(15)12-17/h3-4,8-12,25H,5-7,13H2,1-2H3,(H,26,30)/t24-/m0/s1. The first-order valence-corrected chi connectivity index (χ1v) is 10.3. The minimum atomic E-state index is -1.16. The lowest BCUT2D eigenvalue weighted by atomic mass is 9.89. The number of aromatic nitrogens is 1. The van der Waals surface area contributed by atoms with Gasteiger partial charge in [-0.05, 0) is 55.9 Å². The number of amides is 3. The van der Waals surface area contributed by atoms with Gasteiger partial charge in [0.2, 0.25) is 0 Å². The average molecular weight is 401 g/mol. The number of imide groups is 1. The number of benzene rings is 2. The SMILES string of the molecule is Cc1[nH]c2ccccc2c1C(=O)CN1C(=O)N[C@@](C)(c2ccc3c(c2)CCC3)C1=O. The van der Waals surface area contributed by atoms with Crippen LogP contribution < -0.4 is 5.32 Å². The van der Waals surface area contributed by atoms with Crippen LogP contribution in [0.5, 0.6) is 0 Å².